The maximum atomic E-state index is 13.0. The number of rotatable bonds is 3. The number of ether oxygens (including phenoxy) is 1. The molecule has 0 aliphatic carbocycles. The van der Waals surface area contributed by atoms with Crippen LogP contribution in [0.2, 0.25) is 0 Å². The van der Waals surface area contributed by atoms with Crippen molar-refractivity contribution in [3.8, 4) is 0 Å². The van der Waals surface area contributed by atoms with E-state index in [1.165, 1.54) is 17.7 Å². The molecular formula is C17H20ClFN2O. The average molecular weight is 323 g/mol. The summed E-state index contributed by atoms with van der Waals surface area (Å²) in [6, 6.07) is 14.5. The lowest BCUT2D eigenvalue weighted by atomic mass is 10.1. The highest BCUT2D eigenvalue weighted by Gasteiger charge is 2.22. The van der Waals surface area contributed by atoms with Gasteiger partial charge in [0.1, 0.15) is 5.82 Å². The van der Waals surface area contributed by atoms with Crippen molar-refractivity contribution in [2.75, 3.05) is 25.4 Å². The van der Waals surface area contributed by atoms with Crippen LogP contribution in [-0.4, -0.2) is 24.6 Å². The summed E-state index contributed by atoms with van der Waals surface area (Å²) in [6.45, 7) is 3.24. The normalized spacial score (nSPS) is 18.7. The van der Waals surface area contributed by atoms with Crippen LogP contribution < -0.4 is 5.73 Å². The van der Waals surface area contributed by atoms with Crippen molar-refractivity contribution in [3.05, 3.63) is 65.5 Å². The fourth-order valence-corrected chi connectivity index (χ4v) is 2.67. The summed E-state index contributed by atoms with van der Waals surface area (Å²) in [5, 5.41) is 0. The summed E-state index contributed by atoms with van der Waals surface area (Å²) in [5.41, 5.74) is 8.83. The number of nitrogens with zero attached hydrogens (tertiary/aromatic N) is 1. The first-order valence-electron chi connectivity index (χ1n) is 7.14. The number of hydrogen-bond donors (Lipinski definition) is 1. The predicted octanol–water partition coefficient (Wildman–Crippen LogP) is 3.40. The summed E-state index contributed by atoms with van der Waals surface area (Å²) in [5.74, 6) is -0.217. The van der Waals surface area contributed by atoms with Crippen LogP contribution in [0.3, 0.4) is 0 Å². The van der Waals surface area contributed by atoms with Crippen molar-refractivity contribution in [1.82, 2.24) is 4.90 Å². The molecule has 1 atom stereocenters. The number of benzene rings is 2. The third kappa shape index (κ3) is 4.19. The lowest BCUT2D eigenvalue weighted by Crippen LogP contribution is -2.37. The van der Waals surface area contributed by atoms with Crippen LogP contribution in [0.1, 0.15) is 17.2 Å². The van der Waals surface area contributed by atoms with Gasteiger partial charge in [0.15, 0.2) is 0 Å². The summed E-state index contributed by atoms with van der Waals surface area (Å²) < 4.78 is 18.8. The maximum absolute atomic E-state index is 13.0. The van der Waals surface area contributed by atoms with Gasteiger partial charge >= 0.3 is 0 Å². The van der Waals surface area contributed by atoms with E-state index >= 15 is 0 Å². The molecule has 0 spiro atoms. The van der Waals surface area contributed by atoms with E-state index in [1.807, 2.05) is 18.2 Å². The lowest BCUT2D eigenvalue weighted by Gasteiger charge is -2.33. The van der Waals surface area contributed by atoms with Crippen LogP contribution in [-0.2, 0) is 11.3 Å². The molecule has 0 saturated carbocycles. The molecule has 22 heavy (non-hydrogen) atoms. The second kappa shape index (κ2) is 7.58. The van der Waals surface area contributed by atoms with Gasteiger partial charge in [-0.15, -0.1) is 12.4 Å². The zero-order valence-electron chi connectivity index (χ0n) is 12.2. The van der Waals surface area contributed by atoms with E-state index < -0.39 is 0 Å². The smallest absolute Gasteiger partial charge is 0.123 e. The summed E-state index contributed by atoms with van der Waals surface area (Å²) >= 11 is 0. The maximum Gasteiger partial charge on any atom is 0.123 e. The minimum Gasteiger partial charge on any atom is -0.399 e. The molecule has 0 amide bonds. The molecule has 2 aromatic rings. The van der Waals surface area contributed by atoms with Gasteiger partial charge in [0, 0.05) is 25.3 Å². The molecule has 2 aromatic carbocycles. The molecule has 1 heterocycles. The van der Waals surface area contributed by atoms with Crippen LogP contribution in [0.25, 0.3) is 0 Å². The second-order valence-electron chi connectivity index (χ2n) is 5.39. The molecule has 3 rings (SSSR count). The van der Waals surface area contributed by atoms with Gasteiger partial charge in [0.25, 0.3) is 0 Å². The number of anilines is 1. The van der Waals surface area contributed by atoms with E-state index in [1.54, 1.807) is 12.1 Å². The van der Waals surface area contributed by atoms with Gasteiger partial charge in [0.2, 0.25) is 0 Å². The Labute approximate surface area is 136 Å². The van der Waals surface area contributed by atoms with Crippen molar-refractivity contribution < 1.29 is 9.13 Å². The Morgan fingerprint density at radius 2 is 1.95 bits per heavy atom. The van der Waals surface area contributed by atoms with Gasteiger partial charge in [-0.1, -0.05) is 24.3 Å². The van der Waals surface area contributed by atoms with E-state index in [4.69, 9.17) is 10.5 Å². The van der Waals surface area contributed by atoms with Crippen LogP contribution in [0, 0.1) is 5.82 Å². The zero-order chi connectivity index (χ0) is 14.7. The third-order valence-corrected chi connectivity index (χ3v) is 3.75. The third-order valence-electron chi connectivity index (χ3n) is 3.75. The zero-order valence-corrected chi connectivity index (χ0v) is 13.1. The highest BCUT2D eigenvalue weighted by molar-refractivity contribution is 5.85. The first kappa shape index (κ1) is 16.7. The molecule has 5 heteroatoms. The molecule has 0 radical (unpaired) electrons. The number of morpholine rings is 1. The average Bonchev–Trinajstić information content (AvgIpc) is 2.48. The SMILES string of the molecule is Cl.Nc1cccc(CN2CCOC(c3ccc(F)cc3)C2)c1. The van der Waals surface area contributed by atoms with Crippen LogP contribution in [0.4, 0.5) is 10.1 Å². The highest BCUT2D eigenvalue weighted by atomic mass is 35.5. The van der Waals surface area contributed by atoms with E-state index in [9.17, 15) is 4.39 Å². The summed E-state index contributed by atoms with van der Waals surface area (Å²) in [7, 11) is 0. The number of nitrogens with two attached hydrogens (primary N) is 1. The molecule has 1 fully saturated rings. The van der Waals surface area contributed by atoms with E-state index in [-0.39, 0.29) is 24.3 Å². The molecule has 2 N–H and O–H groups in total. The molecule has 1 aliphatic rings. The van der Waals surface area contributed by atoms with Crippen LogP contribution in [0.5, 0.6) is 0 Å². The Morgan fingerprint density at radius 1 is 1.18 bits per heavy atom. The number of nitrogen functional groups attached to an aromatic ring is 1. The van der Waals surface area contributed by atoms with Gasteiger partial charge in [-0.2, -0.15) is 0 Å². The lowest BCUT2D eigenvalue weighted by molar-refractivity contribution is -0.0329. The molecule has 118 valence electrons. The van der Waals surface area contributed by atoms with Gasteiger partial charge < -0.3 is 10.5 Å². The highest BCUT2D eigenvalue weighted by Crippen LogP contribution is 2.23. The minimum absolute atomic E-state index is 0. The summed E-state index contributed by atoms with van der Waals surface area (Å²) in [4.78, 5) is 2.34. The van der Waals surface area contributed by atoms with Crippen molar-refractivity contribution >= 4 is 18.1 Å². The van der Waals surface area contributed by atoms with Gasteiger partial charge in [0.05, 0.1) is 12.7 Å². The Kier molecular flexibility index (Phi) is 5.77. The molecule has 1 aliphatic heterocycles. The van der Waals surface area contributed by atoms with Crippen molar-refractivity contribution in [2.24, 2.45) is 0 Å². The van der Waals surface area contributed by atoms with Crippen molar-refractivity contribution in [3.63, 3.8) is 0 Å². The molecule has 0 bridgehead atoms. The molecule has 0 aromatic heterocycles. The van der Waals surface area contributed by atoms with Gasteiger partial charge in [-0.25, -0.2) is 4.39 Å². The Balaban J connectivity index is 0.00000176. The van der Waals surface area contributed by atoms with Crippen molar-refractivity contribution in [1.29, 1.82) is 0 Å². The standard InChI is InChI=1S/C17H19FN2O.ClH/c18-15-6-4-14(5-7-15)17-12-20(8-9-21-17)11-13-2-1-3-16(19)10-13;/h1-7,10,17H,8-9,11-12,19H2;1H. The van der Waals surface area contributed by atoms with Gasteiger partial charge in [-0.3, -0.25) is 4.90 Å². The van der Waals surface area contributed by atoms with E-state index in [0.717, 1.165) is 30.9 Å². The molecule has 1 saturated heterocycles. The number of halogens is 2. The quantitative estimate of drug-likeness (QED) is 0.880. The first-order valence-corrected chi connectivity index (χ1v) is 7.14. The Morgan fingerprint density at radius 3 is 2.68 bits per heavy atom. The topological polar surface area (TPSA) is 38.5 Å². The van der Waals surface area contributed by atoms with Crippen LogP contribution in [0.15, 0.2) is 48.5 Å². The Bertz CT molecular complexity index is 606. The predicted molar refractivity (Wildman–Crippen MR) is 88.5 cm³/mol. The fraction of sp³-hybridized carbons (Fsp3) is 0.294. The number of hydrogen-bond acceptors (Lipinski definition) is 3. The second-order valence-corrected chi connectivity index (χ2v) is 5.39. The fourth-order valence-electron chi connectivity index (χ4n) is 2.67. The monoisotopic (exact) mass is 322 g/mol. The van der Waals surface area contributed by atoms with Gasteiger partial charge in [-0.05, 0) is 35.4 Å². The van der Waals surface area contributed by atoms with Crippen molar-refractivity contribution in [2.45, 2.75) is 12.6 Å². The molecular weight excluding hydrogens is 303 g/mol. The van der Waals surface area contributed by atoms with E-state index in [2.05, 4.69) is 11.0 Å². The van der Waals surface area contributed by atoms with Crippen LogP contribution >= 0.6 is 12.4 Å². The van der Waals surface area contributed by atoms with E-state index in [0.29, 0.717) is 6.61 Å². The minimum atomic E-state index is -0.217. The molecule has 1 unspecified atom stereocenters. The molecule has 3 nitrogen and oxygen atoms in total. The summed E-state index contributed by atoms with van der Waals surface area (Å²) in [6.07, 6.45) is 0.000379. The Hall–Kier alpha value is -1.62. The largest absolute Gasteiger partial charge is 0.399 e. The first-order chi connectivity index (χ1) is 10.2.